The molecule has 1 aromatic rings. The molecule has 13 heteroatoms. The van der Waals surface area contributed by atoms with E-state index in [2.05, 4.69) is 10.6 Å². The summed E-state index contributed by atoms with van der Waals surface area (Å²) < 4.78 is 60.0. The highest BCUT2D eigenvalue weighted by molar-refractivity contribution is 8.00. The average Bonchev–Trinajstić information content (AvgIpc) is 2.54. The van der Waals surface area contributed by atoms with Crippen molar-refractivity contribution in [2.75, 3.05) is 23.9 Å². The van der Waals surface area contributed by atoms with E-state index in [9.17, 15) is 31.2 Å². The van der Waals surface area contributed by atoms with E-state index in [1.54, 1.807) is 6.19 Å². The van der Waals surface area contributed by atoms with E-state index >= 15 is 0 Å². The Hall–Kier alpha value is -2.46. The molecule has 1 aromatic carbocycles. The van der Waals surface area contributed by atoms with Crippen LogP contribution in [0.3, 0.4) is 0 Å². The Labute approximate surface area is 164 Å². The number of benzene rings is 1. The number of halogens is 3. The third-order valence-corrected chi connectivity index (χ3v) is 4.80. The van der Waals surface area contributed by atoms with Crippen molar-refractivity contribution < 1.29 is 31.2 Å². The maximum Gasteiger partial charge on any atom is 0.446 e. The second-order valence-corrected chi connectivity index (χ2v) is 8.82. The second kappa shape index (κ2) is 9.65. The number of alkyl halides is 3. The molecule has 3 amide bonds. The van der Waals surface area contributed by atoms with Gasteiger partial charge >= 0.3 is 11.5 Å². The van der Waals surface area contributed by atoms with Crippen LogP contribution in [-0.2, 0) is 14.6 Å². The first-order chi connectivity index (χ1) is 12.8. The van der Waals surface area contributed by atoms with Crippen molar-refractivity contribution in [2.24, 2.45) is 0 Å². The van der Waals surface area contributed by atoms with Gasteiger partial charge in [-0.25, -0.2) is 18.1 Å². The average molecular weight is 438 g/mol. The van der Waals surface area contributed by atoms with Crippen LogP contribution in [0.4, 0.5) is 23.7 Å². The van der Waals surface area contributed by atoms with Crippen LogP contribution in [0.25, 0.3) is 0 Å². The summed E-state index contributed by atoms with van der Waals surface area (Å²) in [5, 5.41) is 13.4. The number of rotatable bonds is 7. The summed E-state index contributed by atoms with van der Waals surface area (Å²) in [4.78, 5) is 24.9. The molecule has 0 aliphatic rings. The zero-order chi connectivity index (χ0) is 21.5. The van der Waals surface area contributed by atoms with Gasteiger partial charge in [0.25, 0.3) is 5.91 Å². The molecule has 1 unspecified atom stereocenters. The summed E-state index contributed by atoms with van der Waals surface area (Å²) in [6.45, 7) is 1.48. The van der Waals surface area contributed by atoms with Crippen molar-refractivity contribution in [3.05, 3.63) is 24.3 Å². The van der Waals surface area contributed by atoms with Crippen LogP contribution in [0.2, 0.25) is 0 Å². The van der Waals surface area contributed by atoms with Gasteiger partial charge in [-0.1, -0.05) is 0 Å². The highest BCUT2D eigenvalue weighted by atomic mass is 32.2. The Morgan fingerprint density at radius 3 is 2.29 bits per heavy atom. The van der Waals surface area contributed by atoms with E-state index in [4.69, 9.17) is 5.26 Å². The predicted octanol–water partition coefficient (Wildman–Crippen LogP) is 2.16. The van der Waals surface area contributed by atoms with Crippen molar-refractivity contribution in [3.63, 3.8) is 0 Å². The third kappa shape index (κ3) is 8.49. The molecule has 0 aliphatic carbocycles. The predicted molar refractivity (Wildman–Crippen MR) is 97.0 cm³/mol. The van der Waals surface area contributed by atoms with Crippen LogP contribution in [0, 0.1) is 11.5 Å². The van der Waals surface area contributed by atoms with Gasteiger partial charge in [-0.3, -0.25) is 4.79 Å². The molecule has 0 radical (unpaired) electrons. The normalized spacial score (nSPS) is 12.6. The number of urea groups is 1. The highest BCUT2D eigenvalue weighted by Gasteiger charge is 2.30. The van der Waals surface area contributed by atoms with Gasteiger partial charge < -0.3 is 10.6 Å². The SMILES string of the molecule is CCN(C#N)C(=O)C(CS(C)(=O)=O)NC(=O)Nc1ccc(SC(F)(F)F)cc1. The lowest BCUT2D eigenvalue weighted by atomic mass is 10.3. The molecule has 0 heterocycles. The Morgan fingerprint density at radius 2 is 1.86 bits per heavy atom. The quantitative estimate of drug-likeness (QED) is 0.383. The van der Waals surface area contributed by atoms with Gasteiger partial charge in [0.2, 0.25) is 0 Å². The summed E-state index contributed by atoms with van der Waals surface area (Å²) in [5.41, 5.74) is -4.32. The van der Waals surface area contributed by atoms with Gasteiger partial charge in [-0.05, 0) is 43.0 Å². The van der Waals surface area contributed by atoms with Crippen LogP contribution in [0.15, 0.2) is 29.2 Å². The smallest absolute Gasteiger partial charge is 0.325 e. The van der Waals surface area contributed by atoms with Gasteiger partial charge in [0.1, 0.15) is 15.9 Å². The molecule has 0 saturated carbocycles. The van der Waals surface area contributed by atoms with Crippen LogP contribution >= 0.6 is 11.8 Å². The van der Waals surface area contributed by atoms with E-state index in [1.165, 1.54) is 19.1 Å². The minimum atomic E-state index is -4.45. The van der Waals surface area contributed by atoms with Crippen molar-refractivity contribution in [1.82, 2.24) is 10.2 Å². The number of carbonyl (C=O) groups is 2. The third-order valence-electron chi connectivity index (χ3n) is 3.12. The van der Waals surface area contributed by atoms with E-state index in [-0.39, 0.29) is 28.9 Å². The number of anilines is 1. The maximum absolute atomic E-state index is 12.3. The Morgan fingerprint density at radius 1 is 1.29 bits per heavy atom. The summed E-state index contributed by atoms with van der Waals surface area (Å²) >= 11 is -0.318. The molecule has 28 heavy (non-hydrogen) atoms. The van der Waals surface area contributed by atoms with Gasteiger partial charge in [-0.15, -0.1) is 0 Å². The van der Waals surface area contributed by atoms with Gasteiger partial charge in [-0.2, -0.15) is 18.4 Å². The minimum Gasteiger partial charge on any atom is -0.325 e. The Bertz CT molecular complexity index is 852. The first kappa shape index (κ1) is 23.6. The number of nitrogens with zero attached hydrogens (tertiary/aromatic N) is 2. The van der Waals surface area contributed by atoms with Crippen molar-refractivity contribution in [1.29, 1.82) is 5.26 Å². The fourth-order valence-corrected chi connectivity index (χ4v) is 3.38. The number of likely N-dealkylation sites (N-methyl/N-ethyl adjacent to an activating group) is 1. The standard InChI is InChI=1S/C15H17F3N4O4S2/c1-3-22(9-19)13(23)12(8-28(2,25)26)21-14(24)20-10-4-6-11(7-5-10)27-15(16,17)18/h4-7,12H,3,8H2,1-2H3,(H2,20,21,24). The van der Waals surface area contributed by atoms with Gasteiger partial charge in [0.05, 0.1) is 5.75 Å². The highest BCUT2D eigenvalue weighted by Crippen LogP contribution is 2.36. The fraction of sp³-hybridized carbons (Fsp3) is 0.400. The van der Waals surface area contributed by atoms with Gasteiger partial charge in [0.15, 0.2) is 6.19 Å². The van der Waals surface area contributed by atoms with E-state index in [0.717, 1.165) is 18.4 Å². The first-order valence-electron chi connectivity index (χ1n) is 7.66. The number of hydrogen-bond acceptors (Lipinski definition) is 6. The number of carbonyl (C=O) groups excluding carboxylic acids is 2. The molecular weight excluding hydrogens is 421 g/mol. The van der Waals surface area contributed by atoms with Crippen LogP contribution in [0.5, 0.6) is 0 Å². The molecule has 0 saturated heterocycles. The molecule has 0 aliphatic heterocycles. The van der Waals surface area contributed by atoms with Crippen molar-refractivity contribution >= 4 is 39.2 Å². The fourth-order valence-electron chi connectivity index (χ4n) is 2.01. The first-order valence-corrected chi connectivity index (χ1v) is 10.5. The molecule has 8 nitrogen and oxygen atoms in total. The molecule has 0 bridgehead atoms. The van der Waals surface area contributed by atoms with Crippen LogP contribution < -0.4 is 10.6 Å². The lowest BCUT2D eigenvalue weighted by Gasteiger charge is -2.21. The number of thioether (sulfide) groups is 1. The van der Waals surface area contributed by atoms with Crippen molar-refractivity contribution in [3.8, 4) is 6.19 Å². The van der Waals surface area contributed by atoms with E-state index in [0.29, 0.717) is 4.90 Å². The van der Waals surface area contributed by atoms with Crippen LogP contribution in [0.1, 0.15) is 6.92 Å². The maximum atomic E-state index is 12.3. The Kier molecular flexibility index (Phi) is 8.13. The molecular formula is C15H17F3N4O4S2. The largest absolute Gasteiger partial charge is 0.446 e. The molecule has 2 N–H and O–H groups in total. The molecule has 1 rings (SSSR count). The molecule has 0 spiro atoms. The van der Waals surface area contributed by atoms with E-state index in [1.807, 2.05) is 0 Å². The monoisotopic (exact) mass is 438 g/mol. The zero-order valence-electron chi connectivity index (χ0n) is 14.8. The molecule has 1 atom stereocenters. The lowest BCUT2D eigenvalue weighted by Crippen LogP contribution is -2.51. The van der Waals surface area contributed by atoms with E-state index < -0.39 is 39.1 Å². The summed E-state index contributed by atoms with van der Waals surface area (Å²) in [5.74, 6) is -1.62. The number of sulfone groups is 1. The van der Waals surface area contributed by atoms with Crippen LogP contribution in [-0.4, -0.2) is 55.4 Å². The zero-order valence-corrected chi connectivity index (χ0v) is 16.4. The molecule has 0 fully saturated rings. The lowest BCUT2D eigenvalue weighted by molar-refractivity contribution is -0.129. The van der Waals surface area contributed by atoms with Gasteiger partial charge in [0, 0.05) is 23.4 Å². The number of nitriles is 1. The summed E-state index contributed by atoms with van der Waals surface area (Å²) in [6.07, 6.45) is 2.46. The number of hydrogen-bond donors (Lipinski definition) is 2. The topological polar surface area (TPSA) is 119 Å². The molecule has 154 valence electrons. The summed E-state index contributed by atoms with van der Waals surface area (Å²) in [7, 11) is -3.67. The second-order valence-electron chi connectivity index (χ2n) is 5.50. The summed E-state index contributed by atoms with van der Waals surface area (Å²) in [6, 6.07) is 2.26. The number of nitrogens with one attached hydrogen (secondary N) is 2. The van der Waals surface area contributed by atoms with Crippen molar-refractivity contribution in [2.45, 2.75) is 23.4 Å². The Balaban J connectivity index is 2.85. The number of amides is 3. The molecule has 0 aromatic heterocycles. The minimum absolute atomic E-state index is 0.0166.